The molecule has 0 saturated carbocycles. The number of hydrogen-bond acceptors (Lipinski definition) is 3. The Hall–Kier alpha value is -2.90. The number of carbonyl (C=O) groups excluding carboxylic acids is 1. The maximum atomic E-state index is 13.4. The van der Waals surface area contributed by atoms with Gasteiger partial charge in [-0.2, -0.15) is 0 Å². The summed E-state index contributed by atoms with van der Waals surface area (Å²) in [4.78, 5) is 25.9. The molecule has 1 aromatic heterocycles. The minimum atomic E-state index is -1.75. The summed E-state index contributed by atoms with van der Waals surface area (Å²) in [5.74, 6) is -7.03. The minimum Gasteiger partial charge on any atom is -0.477 e. The van der Waals surface area contributed by atoms with Crippen molar-refractivity contribution >= 4 is 17.6 Å². The number of benzene rings is 1. The zero-order valence-corrected chi connectivity index (χ0v) is 10.2. The number of nitrogens with one attached hydrogen (secondary N) is 1. The first-order valence-electron chi connectivity index (χ1n) is 5.54. The molecular formula is C13H7F3N2O3. The molecule has 108 valence electrons. The summed E-state index contributed by atoms with van der Waals surface area (Å²) in [7, 11) is 0. The van der Waals surface area contributed by atoms with Gasteiger partial charge in [0.2, 0.25) is 0 Å². The number of nitrogens with zero attached hydrogens (tertiary/aromatic N) is 1. The average Bonchev–Trinajstić information content (AvgIpc) is 2.45. The molecule has 0 aliphatic rings. The molecule has 2 N–H and O–H groups in total. The Morgan fingerprint density at radius 1 is 1.05 bits per heavy atom. The molecule has 2 aromatic rings. The van der Waals surface area contributed by atoms with Gasteiger partial charge in [0.05, 0.1) is 17.4 Å². The summed E-state index contributed by atoms with van der Waals surface area (Å²) in [5, 5.41) is 10.8. The van der Waals surface area contributed by atoms with Crippen molar-refractivity contribution < 1.29 is 27.9 Å². The first-order valence-corrected chi connectivity index (χ1v) is 5.54. The van der Waals surface area contributed by atoms with Gasteiger partial charge in [0.15, 0.2) is 17.5 Å². The van der Waals surface area contributed by atoms with Crippen LogP contribution in [0.25, 0.3) is 0 Å². The van der Waals surface area contributed by atoms with E-state index in [-0.39, 0.29) is 11.4 Å². The monoisotopic (exact) mass is 296 g/mol. The smallest absolute Gasteiger partial charge is 0.354 e. The van der Waals surface area contributed by atoms with E-state index >= 15 is 0 Å². The van der Waals surface area contributed by atoms with Crippen LogP contribution in [0.4, 0.5) is 18.9 Å². The lowest BCUT2D eigenvalue weighted by Gasteiger charge is -2.06. The topological polar surface area (TPSA) is 79.3 Å². The maximum Gasteiger partial charge on any atom is 0.354 e. The first-order chi connectivity index (χ1) is 9.90. The lowest BCUT2D eigenvalue weighted by atomic mass is 10.2. The molecule has 0 unspecified atom stereocenters. The lowest BCUT2D eigenvalue weighted by molar-refractivity contribution is 0.0690. The number of hydrogen-bond donors (Lipinski definition) is 2. The van der Waals surface area contributed by atoms with Gasteiger partial charge in [-0.1, -0.05) is 0 Å². The van der Waals surface area contributed by atoms with Crippen molar-refractivity contribution in [1.29, 1.82) is 0 Å². The molecule has 1 heterocycles. The number of amides is 1. The van der Waals surface area contributed by atoms with Crippen LogP contribution in [0.3, 0.4) is 0 Å². The number of halogens is 3. The molecule has 0 aliphatic heterocycles. The molecular weight excluding hydrogens is 289 g/mol. The fraction of sp³-hybridized carbons (Fsp3) is 0. The second-order valence-electron chi connectivity index (χ2n) is 3.91. The highest BCUT2D eigenvalue weighted by molar-refractivity contribution is 6.04. The van der Waals surface area contributed by atoms with E-state index in [1.165, 1.54) is 6.07 Å². The van der Waals surface area contributed by atoms with Crippen LogP contribution in [0.5, 0.6) is 0 Å². The van der Waals surface area contributed by atoms with Crippen molar-refractivity contribution in [3.05, 3.63) is 59.2 Å². The number of aromatic carboxylic acids is 1. The van der Waals surface area contributed by atoms with Gasteiger partial charge in [-0.15, -0.1) is 0 Å². The zero-order chi connectivity index (χ0) is 15.6. The van der Waals surface area contributed by atoms with Crippen molar-refractivity contribution in [1.82, 2.24) is 4.98 Å². The number of carbonyl (C=O) groups is 2. The van der Waals surface area contributed by atoms with Gasteiger partial charge in [-0.3, -0.25) is 4.79 Å². The molecule has 0 bridgehead atoms. The van der Waals surface area contributed by atoms with Crippen molar-refractivity contribution in [2.75, 3.05) is 5.32 Å². The normalized spacial score (nSPS) is 10.2. The summed E-state index contributed by atoms with van der Waals surface area (Å²) >= 11 is 0. The number of rotatable bonds is 3. The first kappa shape index (κ1) is 14.5. The van der Waals surface area contributed by atoms with E-state index in [9.17, 15) is 22.8 Å². The number of pyridine rings is 1. The standard InChI is InChI=1S/C13H7F3N2O3/c14-8-3-2-7(10(15)11(8)16)12(19)18-6-1-4-9(13(20)21)17-5-6/h1-5H,(H,18,19)(H,20,21). The summed E-state index contributed by atoms with van der Waals surface area (Å²) in [6.45, 7) is 0. The van der Waals surface area contributed by atoms with Crippen molar-refractivity contribution in [2.45, 2.75) is 0 Å². The molecule has 0 atom stereocenters. The van der Waals surface area contributed by atoms with Crippen LogP contribution in [0.15, 0.2) is 30.5 Å². The van der Waals surface area contributed by atoms with E-state index in [4.69, 9.17) is 5.11 Å². The van der Waals surface area contributed by atoms with E-state index in [2.05, 4.69) is 10.3 Å². The summed E-state index contributed by atoms with van der Waals surface area (Å²) in [6, 6.07) is 3.77. The van der Waals surface area contributed by atoms with Crippen LogP contribution in [-0.4, -0.2) is 22.0 Å². The number of aromatic nitrogens is 1. The van der Waals surface area contributed by atoms with Gasteiger partial charge in [0.25, 0.3) is 5.91 Å². The molecule has 0 radical (unpaired) electrons. The fourth-order valence-electron chi connectivity index (χ4n) is 1.49. The van der Waals surface area contributed by atoms with Gasteiger partial charge >= 0.3 is 5.97 Å². The quantitative estimate of drug-likeness (QED) is 0.853. The third-order valence-electron chi connectivity index (χ3n) is 2.52. The van der Waals surface area contributed by atoms with Gasteiger partial charge in [-0.25, -0.2) is 22.9 Å². The van der Waals surface area contributed by atoms with Gasteiger partial charge in [0.1, 0.15) is 5.69 Å². The fourth-order valence-corrected chi connectivity index (χ4v) is 1.49. The molecule has 0 spiro atoms. The van der Waals surface area contributed by atoms with E-state index in [1.807, 2.05) is 0 Å². The molecule has 0 fully saturated rings. The van der Waals surface area contributed by atoms with Crippen LogP contribution in [-0.2, 0) is 0 Å². The molecule has 21 heavy (non-hydrogen) atoms. The van der Waals surface area contributed by atoms with Crippen molar-refractivity contribution in [2.24, 2.45) is 0 Å². The van der Waals surface area contributed by atoms with Crippen LogP contribution in [0.1, 0.15) is 20.8 Å². The highest BCUT2D eigenvalue weighted by Gasteiger charge is 2.19. The summed E-state index contributed by atoms with van der Waals surface area (Å²) < 4.78 is 39.2. The second kappa shape index (κ2) is 5.61. The van der Waals surface area contributed by atoms with E-state index in [0.717, 1.165) is 18.3 Å². The van der Waals surface area contributed by atoms with Crippen LogP contribution < -0.4 is 5.32 Å². The number of anilines is 1. The Kier molecular flexibility index (Phi) is 3.88. The van der Waals surface area contributed by atoms with Gasteiger partial charge in [-0.05, 0) is 24.3 Å². The zero-order valence-electron chi connectivity index (χ0n) is 10.2. The largest absolute Gasteiger partial charge is 0.477 e. The molecule has 8 heteroatoms. The van der Waals surface area contributed by atoms with Crippen LogP contribution in [0.2, 0.25) is 0 Å². The Labute approximate surface area is 116 Å². The Bertz CT molecular complexity index is 717. The highest BCUT2D eigenvalue weighted by Crippen LogP contribution is 2.17. The Morgan fingerprint density at radius 2 is 1.76 bits per heavy atom. The third-order valence-corrected chi connectivity index (χ3v) is 2.52. The Balaban J connectivity index is 2.22. The summed E-state index contributed by atoms with van der Waals surface area (Å²) in [5.41, 5.74) is -0.850. The SMILES string of the molecule is O=C(O)c1ccc(NC(=O)c2ccc(F)c(F)c2F)cn1. The summed E-state index contributed by atoms with van der Waals surface area (Å²) in [6.07, 6.45) is 1.04. The van der Waals surface area contributed by atoms with E-state index in [0.29, 0.717) is 6.07 Å². The van der Waals surface area contributed by atoms with Crippen molar-refractivity contribution in [3.8, 4) is 0 Å². The second-order valence-corrected chi connectivity index (χ2v) is 3.91. The Morgan fingerprint density at radius 3 is 2.33 bits per heavy atom. The molecule has 0 saturated heterocycles. The lowest BCUT2D eigenvalue weighted by Crippen LogP contribution is -2.15. The average molecular weight is 296 g/mol. The van der Waals surface area contributed by atoms with Gasteiger partial charge in [0, 0.05) is 0 Å². The molecule has 0 aliphatic carbocycles. The van der Waals surface area contributed by atoms with Crippen molar-refractivity contribution in [3.63, 3.8) is 0 Å². The van der Waals surface area contributed by atoms with Gasteiger partial charge < -0.3 is 10.4 Å². The minimum absolute atomic E-state index is 0.0779. The number of carboxylic acid groups (broad SMARTS) is 1. The molecule has 5 nitrogen and oxygen atoms in total. The number of carboxylic acids is 1. The highest BCUT2D eigenvalue weighted by atomic mass is 19.2. The van der Waals surface area contributed by atoms with E-state index < -0.39 is 34.9 Å². The molecule has 2 rings (SSSR count). The maximum absolute atomic E-state index is 13.4. The van der Waals surface area contributed by atoms with Crippen LogP contribution >= 0.6 is 0 Å². The molecule has 1 amide bonds. The third kappa shape index (κ3) is 2.99. The van der Waals surface area contributed by atoms with E-state index in [1.54, 1.807) is 0 Å². The predicted octanol–water partition coefficient (Wildman–Crippen LogP) is 2.45. The molecule has 1 aromatic carbocycles. The predicted molar refractivity (Wildman–Crippen MR) is 65.5 cm³/mol. The van der Waals surface area contributed by atoms with Crippen LogP contribution in [0, 0.1) is 17.5 Å².